The molecule has 0 bridgehead atoms. The number of rotatable bonds is 5. The van der Waals surface area contributed by atoms with E-state index in [0.717, 1.165) is 37.3 Å². The fraction of sp³-hybridized carbons (Fsp3) is 0.389. The van der Waals surface area contributed by atoms with Gasteiger partial charge in [-0.05, 0) is 25.3 Å². The zero-order valence-electron chi connectivity index (χ0n) is 13.9. The molecule has 1 N–H and O–H groups in total. The summed E-state index contributed by atoms with van der Waals surface area (Å²) in [6.45, 7) is 3.94. The highest BCUT2D eigenvalue weighted by molar-refractivity contribution is 5.75. The third kappa shape index (κ3) is 3.82. The van der Waals surface area contributed by atoms with Crippen LogP contribution in [0.15, 0.2) is 42.7 Å². The van der Waals surface area contributed by atoms with Crippen LogP contribution in [0.25, 0.3) is 6.08 Å². The van der Waals surface area contributed by atoms with Crippen LogP contribution in [0, 0.1) is 0 Å². The first-order chi connectivity index (χ1) is 11.8. The van der Waals surface area contributed by atoms with Gasteiger partial charge in [-0.15, -0.1) is 0 Å². The first kappa shape index (κ1) is 16.2. The van der Waals surface area contributed by atoms with Gasteiger partial charge >= 0.3 is 6.03 Å². The minimum Gasteiger partial charge on any atom is -0.331 e. The molecule has 1 aromatic heterocycles. The van der Waals surface area contributed by atoms with Gasteiger partial charge in [0, 0.05) is 13.1 Å². The number of likely N-dealkylation sites (tertiary alicyclic amines) is 1. The van der Waals surface area contributed by atoms with Gasteiger partial charge in [-0.3, -0.25) is 0 Å². The molecule has 0 radical (unpaired) electrons. The summed E-state index contributed by atoms with van der Waals surface area (Å²) in [6, 6.07) is 10.3. The summed E-state index contributed by atoms with van der Waals surface area (Å²) < 4.78 is 1.79. The van der Waals surface area contributed by atoms with Gasteiger partial charge in [-0.2, -0.15) is 5.10 Å². The van der Waals surface area contributed by atoms with E-state index in [1.807, 2.05) is 30.0 Å². The number of benzene rings is 1. The molecule has 2 amide bonds. The molecule has 2 aromatic rings. The number of hydrogen-bond donors (Lipinski definition) is 1. The zero-order valence-corrected chi connectivity index (χ0v) is 13.9. The van der Waals surface area contributed by atoms with Crippen molar-refractivity contribution in [2.24, 2.45) is 0 Å². The van der Waals surface area contributed by atoms with Crippen LogP contribution in [0.5, 0.6) is 0 Å². The Hall–Kier alpha value is -2.63. The van der Waals surface area contributed by atoms with Gasteiger partial charge in [0.05, 0.1) is 12.6 Å². The number of amides is 2. The lowest BCUT2D eigenvalue weighted by molar-refractivity contribution is 0.199. The van der Waals surface area contributed by atoms with Gasteiger partial charge in [0.25, 0.3) is 0 Å². The van der Waals surface area contributed by atoms with Crippen molar-refractivity contribution in [2.45, 2.75) is 38.9 Å². The molecule has 1 unspecified atom stereocenters. The molecule has 6 nitrogen and oxygen atoms in total. The van der Waals surface area contributed by atoms with Crippen molar-refractivity contribution >= 4 is 12.1 Å². The summed E-state index contributed by atoms with van der Waals surface area (Å²) in [4.78, 5) is 18.6. The molecule has 0 saturated carbocycles. The summed E-state index contributed by atoms with van der Waals surface area (Å²) in [5, 5.41) is 7.08. The Morgan fingerprint density at radius 3 is 3.00 bits per heavy atom. The van der Waals surface area contributed by atoms with E-state index in [-0.39, 0.29) is 12.1 Å². The van der Waals surface area contributed by atoms with Gasteiger partial charge in [-0.1, -0.05) is 42.5 Å². The fourth-order valence-electron chi connectivity index (χ4n) is 2.98. The highest BCUT2D eigenvalue weighted by atomic mass is 16.2. The highest BCUT2D eigenvalue weighted by Gasteiger charge is 2.26. The summed E-state index contributed by atoms with van der Waals surface area (Å²) >= 11 is 0. The number of aromatic nitrogens is 3. The van der Waals surface area contributed by atoms with Gasteiger partial charge in [0.2, 0.25) is 0 Å². The molecule has 2 heterocycles. The smallest absolute Gasteiger partial charge is 0.318 e. The standard InChI is InChI=1S/C18H23N5O/c1-2-23-17(20-14-21-23)13-19-18(24)22-12-6-9-16(22)11-10-15-7-4-3-5-8-15/h3-5,7-8,10-11,14,16H,2,6,9,12-13H2,1H3,(H,19,24)/b11-10+. The number of hydrogen-bond acceptors (Lipinski definition) is 3. The first-order valence-electron chi connectivity index (χ1n) is 8.42. The van der Waals surface area contributed by atoms with Crippen LogP contribution in [-0.2, 0) is 13.1 Å². The summed E-state index contributed by atoms with van der Waals surface area (Å²) in [7, 11) is 0. The van der Waals surface area contributed by atoms with Crippen LogP contribution in [0.3, 0.4) is 0 Å². The zero-order chi connectivity index (χ0) is 16.8. The molecule has 6 heteroatoms. The summed E-state index contributed by atoms with van der Waals surface area (Å²) in [6.07, 6.45) is 7.76. The lowest BCUT2D eigenvalue weighted by Crippen LogP contribution is -2.42. The molecule has 1 aromatic carbocycles. The SMILES string of the molecule is CCn1ncnc1CNC(=O)N1CCCC1/C=C/c1ccccc1. The van der Waals surface area contributed by atoms with Crippen molar-refractivity contribution in [3.05, 3.63) is 54.1 Å². The second kappa shape index (κ2) is 7.77. The number of nitrogens with zero attached hydrogens (tertiary/aromatic N) is 4. The Balaban J connectivity index is 1.58. The number of nitrogens with one attached hydrogen (secondary N) is 1. The van der Waals surface area contributed by atoms with Crippen LogP contribution in [0.4, 0.5) is 4.79 Å². The van der Waals surface area contributed by atoms with Gasteiger partial charge in [-0.25, -0.2) is 14.5 Å². The Morgan fingerprint density at radius 1 is 1.38 bits per heavy atom. The number of carbonyl (C=O) groups excluding carboxylic acids is 1. The molecule has 1 aliphatic rings. The molecule has 3 rings (SSSR count). The lowest BCUT2D eigenvalue weighted by Gasteiger charge is -2.22. The fourth-order valence-corrected chi connectivity index (χ4v) is 2.98. The van der Waals surface area contributed by atoms with E-state index < -0.39 is 0 Å². The average molecular weight is 325 g/mol. The van der Waals surface area contributed by atoms with E-state index in [4.69, 9.17) is 0 Å². The molecule has 1 saturated heterocycles. The Kier molecular flexibility index (Phi) is 5.25. The minimum atomic E-state index is -0.0409. The second-order valence-corrected chi connectivity index (χ2v) is 5.82. The topological polar surface area (TPSA) is 63.1 Å². The Bertz CT molecular complexity index is 694. The van der Waals surface area contributed by atoms with Crippen LogP contribution in [0.2, 0.25) is 0 Å². The Morgan fingerprint density at radius 2 is 2.21 bits per heavy atom. The monoisotopic (exact) mass is 325 g/mol. The lowest BCUT2D eigenvalue weighted by atomic mass is 10.1. The van der Waals surface area contributed by atoms with Crippen molar-refractivity contribution in [2.75, 3.05) is 6.54 Å². The summed E-state index contributed by atoms with van der Waals surface area (Å²) in [5.74, 6) is 0.779. The van der Waals surface area contributed by atoms with Crippen molar-refractivity contribution < 1.29 is 4.79 Å². The largest absolute Gasteiger partial charge is 0.331 e. The van der Waals surface area contributed by atoms with Crippen molar-refractivity contribution in [1.29, 1.82) is 0 Å². The maximum atomic E-state index is 12.5. The molecule has 0 spiro atoms. The molecule has 24 heavy (non-hydrogen) atoms. The van der Waals surface area contributed by atoms with Crippen LogP contribution >= 0.6 is 0 Å². The normalized spacial score (nSPS) is 17.5. The molecule has 126 valence electrons. The van der Waals surface area contributed by atoms with Crippen molar-refractivity contribution in [3.8, 4) is 0 Å². The van der Waals surface area contributed by atoms with Gasteiger partial charge in [0.1, 0.15) is 12.2 Å². The number of carbonyl (C=O) groups is 1. The van der Waals surface area contributed by atoms with Crippen LogP contribution in [-0.4, -0.2) is 38.3 Å². The van der Waals surface area contributed by atoms with E-state index in [1.165, 1.54) is 6.33 Å². The molecule has 1 fully saturated rings. The second-order valence-electron chi connectivity index (χ2n) is 5.82. The third-order valence-electron chi connectivity index (χ3n) is 4.26. The van der Waals surface area contributed by atoms with Crippen LogP contribution < -0.4 is 5.32 Å². The molecular weight excluding hydrogens is 302 g/mol. The number of urea groups is 1. The number of aryl methyl sites for hydroxylation is 1. The van der Waals surface area contributed by atoms with E-state index >= 15 is 0 Å². The predicted octanol–water partition coefficient (Wildman–Crippen LogP) is 2.69. The third-order valence-corrected chi connectivity index (χ3v) is 4.26. The van der Waals surface area contributed by atoms with E-state index in [1.54, 1.807) is 4.68 Å². The molecular formula is C18H23N5O. The van der Waals surface area contributed by atoms with Crippen molar-refractivity contribution in [3.63, 3.8) is 0 Å². The van der Waals surface area contributed by atoms with Gasteiger partial charge < -0.3 is 10.2 Å². The maximum absolute atomic E-state index is 12.5. The van der Waals surface area contributed by atoms with Crippen molar-refractivity contribution in [1.82, 2.24) is 25.0 Å². The minimum absolute atomic E-state index is 0.0409. The first-order valence-corrected chi connectivity index (χ1v) is 8.42. The molecule has 0 aliphatic carbocycles. The molecule has 1 aliphatic heterocycles. The summed E-state index contributed by atoms with van der Waals surface area (Å²) in [5.41, 5.74) is 1.15. The van der Waals surface area contributed by atoms with E-state index in [0.29, 0.717) is 6.54 Å². The quantitative estimate of drug-likeness (QED) is 0.919. The Labute approximate surface area is 142 Å². The van der Waals surface area contributed by atoms with E-state index in [9.17, 15) is 4.79 Å². The molecule has 1 atom stereocenters. The van der Waals surface area contributed by atoms with E-state index in [2.05, 4.69) is 39.7 Å². The predicted molar refractivity (Wildman–Crippen MR) is 93.1 cm³/mol. The highest BCUT2D eigenvalue weighted by Crippen LogP contribution is 2.19. The van der Waals surface area contributed by atoms with Crippen LogP contribution in [0.1, 0.15) is 31.2 Å². The maximum Gasteiger partial charge on any atom is 0.318 e. The average Bonchev–Trinajstić information content (AvgIpc) is 3.27. The van der Waals surface area contributed by atoms with Gasteiger partial charge in [0.15, 0.2) is 0 Å².